The maximum absolute atomic E-state index is 5.89. The van der Waals surface area contributed by atoms with Gasteiger partial charge >= 0.3 is 0 Å². The second kappa shape index (κ2) is 4.54. The van der Waals surface area contributed by atoms with Crippen molar-refractivity contribution >= 4 is 11.3 Å². The van der Waals surface area contributed by atoms with Crippen LogP contribution in [0, 0.1) is 6.92 Å². The van der Waals surface area contributed by atoms with Crippen molar-refractivity contribution in [1.29, 1.82) is 0 Å². The number of rotatable bonds is 4. The smallest absolute Gasteiger partial charge is 0.228 e. The summed E-state index contributed by atoms with van der Waals surface area (Å²) < 4.78 is 5.15. The summed E-state index contributed by atoms with van der Waals surface area (Å²) in [6, 6.07) is 0. The molecule has 0 aliphatic carbocycles. The van der Waals surface area contributed by atoms with E-state index in [2.05, 4.69) is 15.1 Å². The van der Waals surface area contributed by atoms with Crippen LogP contribution in [0.5, 0.6) is 0 Å². The maximum atomic E-state index is 5.89. The highest BCUT2D eigenvalue weighted by Crippen LogP contribution is 2.13. The Morgan fingerprint density at radius 3 is 2.76 bits per heavy atom. The molecule has 2 rings (SSSR count). The van der Waals surface area contributed by atoms with E-state index in [1.54, 1.807) is 11.3 Å². The predicted octanol–water partition coefficient (Wildman–Crippen LogP) is 1.71. The molecule has 0 aliphatic heterocycles. The van der Waals surface area contributed by atoms with Gasteiger partial charge in [0.15, 0.2) is 5.82 Å². The van der Waals surface area contributed by atoms with Crippen molar-refractivity contribution in [1.82, 2.24) is 15.1 Å². The monoisotopic (exact) mass is 252 g/mol. The van der Waals surface area contributed by atoms with E-state index in [4.69, 9.17) is 10.3 Å². The fourth-order valence-electron chi connectivity index (χ4n) is 1.47. The van der Waals surface area contributed by atoms with E-state index in [0.29, 0.717) is 24.6 Å². The Balaban J connectivity index is 2.03. The number of hydrogen-bond acceptors (Lipinski definition) is 6. The van der Waals surface area contributed by atoms with Crippen LogP contribution in [0.15, 0.2) is 9.90 Å². The van der Waals surface area contributed by atoms with Gasteiger partial charge in [-0.25, -0.2) is 4.98 Å². The Hall–Kier alpha value is -1.27. The third-order valence-corrected chi connectivity index (χ3v) is 2.95. The summed E-state index contributed by atoms with van der Waals surface area (Å²) in [6.45, 7) is 5.84. The third kappa shape index (κ3) is 3.61. The van der Waals surface area contributed by atoms with Crippen LogP contribution >= 0.6 is 11.3 Å². The molecule has 0 spiro atoms. The average molecular weight is 252 g/mol. The molecular formula is C11H16N4OS. The lowest BCUT2D eigenvalue weighted by Crippen LogP contribution is -2.34. The average Bonchev–Trinajstić information content (AvgIpc) is 2.74. The molecule has 0 saturated heterocycles. The number of nitrogens with two attached hydrogens (primary N) is 1. The second-order valence-corrected chi connectivity index (χ2v) is 5.87. The zero-order valence-electron chi connectivity index (χ0n) is 10.2. The first-order valence-corrected chi connectivity index (χ1v) is 6.32. The van der Waals surface area contributed by atoms with Crippen LogP contribution in [0.25, 0.3) is 0 Å². The van der Waals surface area contributed by atoms with Gasteiger partial charge in [0.1, 0.15) is 0 Å². The molecule has 92 valence electrons. The van der Waals surface area contributed by atoms with Crippen LogP contribution in [0.1, 0.15) is 36.3 Å². The Labute approximate surface area is 104 Å². The molecule has 0 atom stereocenters. The number of hydrogen-bond donors (Lipinski definition) is 1. The van der Waals surface area contributed by atoms with Gasteiger partial charge in [-0.05, 0) is 20.8 Å². The molecule has 17 heavy (non-hydrogen) atoms. The van der Waals surface area contributed by atoms with Gasteiger partial charge in [-0.3, -0.25) is 0 Å². The molecule has 2 N–H and O–H groups in total. The van der Waals surface area contributed by atoms with E-state index in [0.717, 1.165) is 10.7 Å². The molecule has 0 unspecified atom stereocenters. The maximum Gasteiger partial charge on any atom is 0.228 e. The van der Waals surface area contributed by atoms with Crippen LogP contribution in [-0.4, -0.2) is 20.7 Å². The number of nitrogens with zero attached hydrogens (tertiary/aromatic N) is 3. The SMILES string of the molecule is Cc1nc(Cc2noc(CC(C)(C)N)n2)cs1. The minimum absolute atomic E-state index is 0.332. The summed E-state index contributed by atoms with van der Waals surface area (Å²) in [7, 11) is 0. The fourth-order valence-corrected chi connectivity index (χ4v) is 2.09. The molecule has 0 saturated carbocycles. The molecule has 0 aromatic carbocycles. The van der Waals surface area contributed by atoms with Gasteiger partial charge < -0.3 is 10.3 Å². The molecule has 0 bridgehead atoms. The van der Waals surface area contributed by atoms with Crippen LogP contribution in [-0.2, 0) is 12.8 Å². The van der Waals surface area contributed by atoms with Gasteiger partial charge in [0.05, 0.1) is 17.1 Å². The lowest BCUT2D eigenvalue weighted by atomic mass is 10.0. The van der Waals surface area contributed by atoms with E-state index in [-0.39, 0.29) is 5.54 Å². The molecule has 2 aromatic heterocycles. The van der Waals surface area contributed by atoms with Crippen molar-refractivity contribution in [2.75, 3.05) is 0 Å². The summed E-state index contributed by atoms with van der Waals surface area (Å²) in [5, 5.41) is 6.99. The van der Waals surface area contributed by atoms with Crippen LogP contribution in [0.3, 0.4) is 0 Å². The summed E-state index contributed by atoms with van der Waals surface area (Å²) in [5.74, 6) is 1.24. The van der Waals surface area contributed by atoms with Gasteiger partial charge in [-0.2, -0.15) is 4.98 Å². The molecule has 6 heteroatoms. The molecule has 2 heterocycles. The zero-order valence-corrected chi connectivity index (χ0v) is 11.0. The van der Waals surface area contributed by atoms with Crippen molar-refractivity contribution in [3.8, 4) is 0 Å². The Morgan fingerprint density at radius 2 is 2.18 bits per heavy atom. The highest BCUT2D eigenvalue weighted by molar-refractivity contribution is 7.09. The predicted molar refractivity (Wildman–Crippen MR) is 65.9 cm³/mol. The fraction of sp³-hybridized carbons (Fsp3) is 0.545. The van der Waals surface area contributed by atoms with Gasteiger partial charge in [0.2, 0.25) is 5.89 Å². The topological polar surface area (TPSA) is 77.8 Å². The molecule has 0 aliphatic rings. The van der Waals surface area contributed by atoms with Crippen molar-refractivity contribution in [2.45, 2.75) is 39.2 Å². The van der Waals surface area contributed by atoms with Crippen molar-refractivity contribution in [2.24, 2.45) is 5.73 Å². The zero-order chi connectivity index (χ0) is 12.5. The molecule has 2 aromatic rings. The minimum atomic E-state index is -0.332. The lowest BCUT2D eigenvalue weighted by molar-refractivity contribution is 0.345. The van der Waals surface area contributed by atoms with Gasteiger partial charge in [0, 0.05) is 17.3 Å². The van der Waals surface area contributed by atoms with Gasteiger partial charge in [-0.15, -0.1) is 11.3 Å². The van der Waals surface area contributed by atoms with Gasteiger partial charge in [0.25, 0.3) is 0 Å². The lowest BCUT2D eigenvalue weighted by Gasteiger charge is -2.14. The van der Waals surface area contributed by atoms with Gasteiger partial charge in [-0.1, -0.05) is 5.16 Å². The highest BCUT2D eigenvalue weighted by atomic mass is 32.1. The van der Waals surface area contributed by atoms with Crippen molar-refractivity contribution < 1.29 is 4.52 Å². The van der Waals surface area contributed by atoms with Crippen molar-refractivity contribution in [3.63, 3.8) is 0 Å². The van der Waals surface area contributed by atoms with E-state index in [1.165, 1.54) is 0 Å². The quantitative estimate of drug-likeness (QED) is 0.896. The molecule has 5 nitrogen and oxygen atoms in total. The standard InChI is InChI=1S/C11H16N4OS/c1-7-13-8(6-17-7)4-9-14-10(16-15-9)5-11(2,3)12/h6H,4-5,12H2,1-3H3. The summed E-state index contributed by atoms with van der Waals surface area (Å²) in [5.41, 5.74) is 6.54. The van der Waals surface area contributed by atoms with E-state index in [9.17, 15) is 0 Å². The van der Waals surface area contributed by atoms with E-state index < -0.39 is 0 Å². The second-order valence-electron chi connectivity index (χ2n) is 4.80. The normalized spacial score (nSPS) is 12.0. The molecule has 0 radical (unpaired) electrons. The minimum Gasteiger partial charge on any atom is -0.339 e. The first kappa shape index (κ1) is 12.2. The molecule has 0 fully saturated rings. The van der Waals surface area contributed by atoms with Crippen molar-refractivity contribution in [3.05, 3.63) is 27.8 Å². The Kier molecular flexibility index (Phi) is 3.26. The summed E-state index contributed by atoms with van der Waals surface area (Å²) in [6.07, 6.45) is 1.19. The van der Waals surface area contributed by atoms with Crippen LogP contribution in [0.4, 0.5) is 0 Å². The van der Waals surface area contributed by atoms with E-state index in [1.807, 2.05) is 26.2 Å². The Morgan fingerprint density at radius 1 is 1.41 bits per heavy atom. The first-order valence-electron chi connectivity index (χ1n) is 5.44. The number of thiazole rings is 1. The Bertz CT molecular complexity index is 498. The van der Waals surface area contributed by atoms with Crippen LogP contribution < -0.4 is 5.73 Å². The molecule has 0 amide bonds. The number of aryl methyl sites for hydroxylation is 1. The highest BCUT2D eigenvalue weighted by Gasteiger charge is 2.17. The molecular weight excluding hydrogens is 236 g/mol. The third-order valence-electron chi connectivity index (χ3n) is 2.12. The summed E-state index contributed by atoms with van der Waals surface area (Å²) >= 11 is 1.62. The largest absolute Gasteiger partial charge is 0.339 e. The number of aromatic nitrogens is 3. The van der Waals surface area contributed by atoms with Crippen LogP contribution in [0.2, 0.25) is 0 Å². The summed E-state index contributed by atoms with van der Waals surface area (Å²) in [4.78, 5) is 8.67. The van der Waals surface area contributed by atoms with E-state index >= 15 is 0 Å². The first-order chi connectivity index (χ1) is 7.92.